The van der Waals surface area contributed by atoms with Crippen LogP contribution in [0.5, 0.6) is 5.75 Å². The van der Waals surface area contributed by atoms with E-state index in [2.05, 4.69) is 25.7 Å². The highest BCUT2D eigenvalue weighted by Crippen LogP contribution is 2.20. The Hall–Kier alpha value is -2.94. The van der Waals surface area contributed by atoms with Crippen molar-refractivity contribution in [2.45, 2.75) is 20.3 Å². The number of nitrogens with one attached hydrogen (secondary N) is 1. The molecule has 0 aliphatic heterocycles. The van der Waals surface area contributed by atoms with Gasteiger partial charge in [0.2, 0.25) is 5.13 Å². The van der Waals surface area contributed by atoms with Crippen LogP contribution in [-0.2, 0) is 6.42 Å². The molecule has 0 atom stereocenters. The lowest BCUT2D eigenvalue weighted by Gasteiger charge is -2.03. The van der Waals surface area contributed by atoms with Gasteiger partial charge < -0.3 is 10.8 Å². The molecule has 0 aliphatic carbocycles. The number of hydrazone groups is 1. The molecule has 0 amide bonds. The van der Waals surface area contributed by atoms with E-state index in [1.165, 1.54) is 22.3 Å². The molecule has 3 rings (SSSR count). The second kappa shape index (κ2) is 6.67. The average molecular weight is 343 g/mol. The maximum atomic E-state index is 10.2. The first-order valence-electron chi connectivity index (χ1n) is 7.33. The first-order chi connectivity index (χ1) is 11.6. The Labute approximate surface area is 142 Å². The van der Waals surface area contributed by atoms with Crippen LogP contribution < -0.4 is 11.2 Å². The summed E-state index contributed by atoms with van der Waals surface area (Å²) in [6, 6.07) is 5.17. The van der Waals surface area contributed by atoms with Gasteiger partial charge in [0.05, 0.1) is 23.3 Å². The van der Waals surface area contributed by atoms with Crippen LogP contribution in [0, 0.1) is 6.92 Å². The fourth-order valence-corrected chi connectivity index (χ4v) is 2.66. The lowest BCUT2D eigenvalue weighted by atomic mass is 10.2. The molecule has 0 fully saturated rings. The number of nitrogen functional groups attached to an aromatic ring is 1. The summed E-state index contributed by atoms with van der Waals surface area (Å²) >= 11 is 1.35. The molecule has 1 aromatic carbocycles. The van der Waals surface area contributed by atoms with Crippen LogP contribution in [-0.4, -0.2) is 31.3 Å². The molecule has 8 nitrogen and oxygen atoms in total. The Morgan fingerprint density at radius 3 is 2.88 bits per heavy atom. The zero-order valence-corrected chi connectivity index (χ0v) is 14.1. The smallest absolute Gasteiger partial charge is 0.205 e. The molecule has 0 unspecified atom stereocenters. The quantitative estimate of drug-likeness (QED) is 0.484. The van der Waals surface area contributed by atoms with Gasteiger partial charge in [-0.1, -0.05) is 6.92 Å². The van der Waals surface area contributed by atoms with E-state index in [0.29, 0.717) is 22.2 Å². The maximum Gasteiger partial charge on any atom is 0.205 e. The molecule has 9 heteroatoms. The molecule has 4 N–H and O–H groups in total. The second-order valence-electron chi connectivity index (χ2n) is 5.07. The van der Waals surface area contributed by atoms with Crippen molar-refractivity contribution in [2.24, 2.45) is 5.10 Å². The molecule has 24 heavy (non-hydrogen) atoms. The first-order valence-corrected chi connectivity index (χ1v) is 8.21. The monoisotopic (exact) mass is 343 g/mol. The van der Waals surface area contributed by atoms with E-state index in [9.17, 15) is 5.11 Å². The summed E-state index contributed by atoms with van der Waals surface area (Å²) in [5, 5.41) is 25.3. The summed E-state index contributed by atoms with van der Waals surface area (Å²) in [5.74, 6) is 0.531. The Morgan fingerprint density at radius 1 is 1.42 bits per heavy atom. The SMILES string of the molecule is CCc1nn(-c2ccc(C=NNc3nc(N)cs3)c(O)c2)nc1C. The van der Waals surface area contributed by atoms with Crippen LogP contribution in [0.1, 0.15) is 23.9 Å². The summed E-state index contributed by atoms with van der Waals surface area (Å²) in [5.41, 5.74) is 11.4. The average Bonchev–Trinajstić information content (AvgIpc) is 3.14. The minimum absolute atomic E-state index is 0.0877. The highest BCUT2D eigenvalue weighted by molar-refractivity contribution is 7.14. The number of aromatic hydroxyl groups is 1. The van der Waals surface area contributed by atoms with E-state index in [-0.39, 0.29) is 5.75 Å². The molecule has 0 aliphatic rings. The van der Waals surface area contributed by atoms with Gasteiger partial charge in [-0.2, -0.15) is 20.1 Å². The van der Waals surface area contributed by atoms with Gasteiger partial charge in [-0.05, 0) is 25.5 Å². The molecule has 3 aromatic rings. The molecule has 0 saturated heterocycles. The zero-order chi connectivity index (χ0) is 17.1. The van der Waals surface area contributed by atoms with E-state index in [1.807, 2.05) is 19.9 Å². The van der Waals surface area contributed by atoms with Gasteiger partial charge in [-0.15, -0.1) is 11.3 Å². The Morgan fingerprint density at radius 2 is 2.25 bits per heavy atom. The molecular weight excluding hydrogens is 326 g/mol. The van der Waals surface area contributed by atoms with Crippen LogP contribution in [0.25, 0.3) is 5.69 Å². The predicted octanol–water partition coefficient (Wildman–Crippen LogP) is 2.33. The van der Waals surface area contributed by atoms with E-state index in [1.54, 1.807) is 17.5 Å². The summed E-state index contributed by atoms with van der Waals surface area (Å²) in [7, 11) is 0. The van der Waals surface area contributed by atoms with Crippen molar-refractivity contribution in [1.82, 2.24) is 20.0 Å². The zero-order valence-electron chi connectivity index (χ0n) is 13.3. The maximum absolute atomic E-state index is 10.2. The Bertz CT molecular complexity index is 884. The van der Waals surface area contributed by atoms with Crippen LogP contribution >= 0.6 is 11.3 Å². The summed E-state index contributed by atoms with van der Waals surface area (Å²) < 4.78 is 0. The van der Waals surface area contributed by atoms with Crippen molar-refractivity contribution in [3.8, 4) is 11.4 Å². The predicted molar refractivity (Wildman–Crippen MR) is 94.9 cm³/mol. The summed E-state index contributed by atoms with van der Waals surface area (Å²) in [6.45, 7) is 3.95. The third-order valence-corrected chi connectivity index (χ3v) is 4.11. The number of benzene rings is 1. The molecular formula is C15H17N7OS. The number of rotatable bonds is 5. The topological polar surface area (TPSA) is 114 Å². The molecule has 0 spiro atoms. The Kier molecular flexibility index (Phi) is 4.43. The van der Waals surface area contributed by atoms with Gasteiger partial charge in [-0.3, -0.25) is 5.43 Å². The van der Waals surface area contributed by atoms with E-state index in [0.717, 1.165) is 17.8 Å². The van der Waals surface area contributed by atoms with Crippen LogP contribution in [0.4, 0.5) is 10.9 Å². The van der Waals surface area contributed by atoms with Crippen LogP contribution in [0.2, 0.25) is 0 Å². The van der Waals surface area contributed by atoms with Crippen LogP contribution in [0.15, 0.2) is 28.7 Å². The van der Waals surface area contributed by atoms with E-state index in [4.69, 9.17) is 5.73 Å². The minimum Gasteiger partial charge on any atom is -0.507 e. The van der Waals surface area contributed by atoms with Crippen molar-refractivity contribution in [1.29, 1.82) is 0 Å². The molecule has 0 bridgehead atoms. The number of hydrogen-bond acceptors (Lipinski definition) is 8. The number of aromatic nitrogens is 4. The normalized spacial score (nSPS) is 11.2. The van der Waals surface area contributed by atoms with Gasteiger partial charge in [0.15, 0.2) is 0 Å². The molecule has 2 heterocycles. The first kappa shape index (κ1) is 15.9. The summed E-state index contributed by atoms with van der Waals surface area (Å²) in [6.07, 6.45) is 2.32. The van der Waals surface area contributed by atoms with Gasteiger partial charge >= 0.3 is 0 Å². The minimum atomic E-state index is 0.0877. The summed E-state index contributed by atoms with van der Waals surface area (Å²) in [4.78, 5) is 5.55. The largest absolute Gasteiger partial charge is 0.507 e. The van der Waals surface area contributed by atoms with Crippen molar-refractivity contribution < 1.29 is 5.11 Å². The third kappa shape index (κ3) is 3.35. The lowest BCUT2D eigenvalue weighted by molar-refractivity contribution is 0.473. The van der Waals surface area contributed by atoms with Gasteiger partial charge in [0.1, 0.15) is 11.6 Å². The van der Waals surface area contributed by atoms with E-state index < -0.39 is 0 Å². The third-order valence-electron chi connectivity index (χ3n) is 3.34. The van der Waals surface area contributed by atoms with Gasteiger partial charge in [-0.25, -0.2) is 4.98 Å². The number of anilines is 2. The number of aryl methyl sites for hydroxylation is 2. The van der Waals surface area contributed by atoms with Crippen molar-refractivity contribution >= 4 is 28.5 Å². The standard InChI is InChI=1S/C15H17N7OS/c1-3-12-9(2)20-22(21-12)11-5-4-10(13(23)6-11)7-17-19-15-18-14(16)8-24-15/h4-8,23H,3,16H2,1-2H3,(H,18,19). The second-order valence-corrected chi connectivity index (χ2v) is 5.92. The number of hydrogen-bond donors (Lipinski definition) is 3. The molecule has 2 aromatic heterocycles. The number of nitrogens with zero attached hydrogens (tertiary/aromatic N) is 5. The molecule has 0 radical (unpaired) electrons. The number of thiazole rings is 1. The number of phenolic OH excluding ortho intramolecular Hbond substituents is 1. The van der Waals surface area contributed by atoms with Crippen molar-refractivity contribution in [2.75, 3.05) is 11.2 Å². The van der Waals surface area contributed by atoms with E-state index >= 15 is 0 Å². The lowest BCUT2D eigenvalue weighted by Crippen LogP contribution is -2.00. The Balaban J connectivity index is 1.76. The highest BCUT2D eigenvalue weighted by Gasteiger charge is 2.08. The van der Waals surface area contributed by atoms with Crippen LogP contribution in [0.3, 0.4) is 0 Å². The fraction of sp³-hybridized carbons (Fsp3) is 0.200. The number of nitrogens with two attached hydrogens (primary N) is 1. The van der Waals surface area contributed by atoms with Crippen molar-refractivity contribution in [3.05, 3.63) is 40.5 Å². The molecule has 0 saturated carbocycles. The van der Waals surface area contributed by atoms with Gasteiger partial charge in [0.25, 0.3) is 0 Å². The molecule has 124 valence electrons. The number of phenols is 1. The fourth-order valence-electron chi connectivity index (χ4n) is 2.11. The van der Waals surface area contributed by atoms with Gasteiger partial charge in [0, 0.05) is 17.0 Å². The highest BCUT2D eigenvalue weighted by atomic mass is 32.1. The van der Waals surface area contributed by atoms with Crippen molar-refractivity contribution in [3.63, 3.8) is 0 Å².